The van der Waals surface area contributed by atoms with Gasteiger partial charge in [0.15, 0.2) is 0 Å². The van der Waals surface area contributed by atoms with Crippen molar-refractivity contribution < 1.29 is 4.79 Å². The van der Waals surface area contributed by atoms with Crippen LogP contribution in [0.25, 0.3) is 0 Å². The van der Waals surface area contributed by atoms with Crippen molar-refractivity contribution in [3.8, 4) is 0 Å². The minimum absolute atomic E-state index is 0.0931. The predicted octanol–water partition coefficient (Wildman–Crippen LogP) is 3.69. The maximum atomic E-state index is 12.6. The minimum Gasteiger partial charge on any atom is -0.336 e. The lowest BCUT2D eigenvalue weighted by atomic mass is 10.1. The normalized spacial score (nSPS) is 14.8. The van der Waals surface area contributed by atoms with Crippen LogP contribution in [0.1, 0.15) is 49.2 Å². The number of amides is 1. The molecule has 1 aromatic heterocycles. The van der Waals surface area contributed by atoms with Gasteiger partial charge in [-0.3, -0.25) is 4.79 Å². The third-order valence-corrected chi connectivity index (χ3v) is 3.56. The Morgan fingerprint density at radius 1 is 1.47 bits per heavy atom. The summed E-state index contributed by atoms with van der Waals surface area (Å²) in [7, 11) is 0. The van der Waals surface area contributed by atoms with Gasteiger partial charge in [0.1, 0.15) is 5.15 Å². The molecule has 0 aromatic carbocycles. The van der Waals surface area contributed by atoms with Gasteiger partial charge >= 0.3 is 0 Å². The highest BCUT2D eigenvalue weighted by Crippen LogP contribution is 2.29. The summed E-state index contributed by atoms with van der Waals surface area (Å²) >= 11 is 5.94. The zero-order valence-corrected chi connectivity index (χ0v) is 12.6. The third-order valence-electron chi connectivity index (χ3n) is 3.36. The van der Waals surface area contributed by atoms with Crippen LogP contribution in [-0.2, 0) is 0 Å². The van der Waals surface area contributed by atoms with Gasteiger partial charge < -0.3 is 4.90 Å². The Hall–Kier alpha value is -1.09. The fraction of sp³-hybridized carbons (Fsp3) is 0.600. The van der Waals surface area contributed by atoms with Gasteiger partial charge in [-0.05, 0) is 44.2 Å². The summed E-state index contributed by atoms with van der Waals surface area (Å²) < 4.78 is 0. The van der Waals surface area contributed by atoms with E-state index in [1.807, 2.05) is 17.9 Å². The van der Waals surface area contributed by atoms with E-state index in [1.165, 1.54) is 0 Å². The van der Waals surface area contributed by atoms with Gasteiger partial charge in [0, 0.05) is 23.8 Å². The third kappa shape index (κ3) is 3.93. The van der Waals surface area contributed by atoms with Crippen molar-refractivity contribution in [1.82, 2.24) is 9.88 Å². The van der Waals surface area contributed by atoms with E-state index in [2.05, 4.69) is 18.8 Å². The highest BCUT2D eigenvalue weighted by atomic mass is 35.5. The second-order valence-electron chi connectivity index (χ2n) is 5.73. The lowest BCUT2D eigenvalue weighted by molar-refractivity contribution is 0.0735. The summed E-state index contributed by atoms with van der Waals surface area (Å²) in [6.45, 7) is 7.06. The molecule has 0 atom stereocenters. The SMILES string of the molecule is Cc1cc(C(=O)N(CCC(C)C)C2CC2)cc(Cl)n1. The molecule has 1 saturated carbocycles. The van der Waals surface area contributed by atoms with Crippen LogP contribution in [0.4, 0.5) is 0 Å². The Kier molecular flexibility index (Phi) is 4.46. The Bertz CT molecular complexity index is 449. The number of carbonyl (C=O) groups is 1. The first kappa shape index (κ1) is 14.3. The topological polar surface area (TPSA) is 33.2 Å². The van der Waals surface area contributed by atoms with Crippen LogP contribution < -0.4 is 0 Å². The summed E-state index contributed by atoms with van der Waals surface area (Å²) in [5.41, 5.74) is 1.45. The Morgan fingerprint density at radius 2 is 2.16 bits per heavy atom. The molecule has 0 aliphatic heterocycles. The quantitative estimate of drug-likeness (QED) is 0.771. The molecule has 4 heteroatoms. The molecule has 0 spiro atoms. The first-order valence-electron chi connectivity index (χ1n) is 6.92. The molecule has 0 N–H and O–H groups in total. The lowest BCUT2D eigenvalue weighted by Gasteiger charge is -2.23. The summed E-state index contributed by atoms with van der Waals surface area (Å²) in [4.78, 5) is 18.7. The van der Waals surface area contributed by atoms with Gasteiger partial charge in [0.25, 0.3) is 5.91 Å². The average Bonchev–Trinajstić information content (AvgIpc) is 3.11. The number of carbonyl (C=O) groups excluding carboxylic acids is 1. The second-order valence-corrected chi connectivity index (χ2v) is 6.12. The summed E-state index contributed by atoms with van der Waals surface area (Å²) in [5, 5.41) is 0.392. The summed E-state index contributed by atoms with van der Waals surface area (Å²) in [6.07, 6.45) is 3.29. The maximum absolute atomic E-state index is 12.6. The number of hydrogen-bond acceptors (Lipinski definition) is 2. The number of rotatable bonds is 5. The summed E-state index contributed by atoms with van der Waals surface area (Å²) in [5.74, 6) is 0.701. The Morgan fingerprint density at radius 3 is 2.68 bits per heavy atom. The molecule has 1 amide bonds. The van der Waals surface area contributed by atoms with Crippen LogP contribution in [0, 0.1) is 12.8 Å². The monoisotopic (exact) mass is 280 g/mol. The molecule has 3 nitrogen and oxygen atoms in total. The van der Waals surface area contributed by atoms with E-state index in [9.17, 15) is 4.79 Å². The van der Waals surface area contributed by atoms with Gasteiger partial charge in [0.05, 0.1) is 0 Å². The van der Waals surface area contributed by atoms with Gasteiger partial charge in [-0.15, -0.1) is 0 Å². The molecule has 0 radical (unpaired) electrons. The molecule has 19 heavy (non-hydrogen) atoms. The minimum atomic E-state index is 0.0931. The van der Waals surface area contributed by atoms with Gasteiger partial charge in [-0.2, -0.15) is 0 Å². The molecular weight excluding hydrogens is 260 g/mol. The van der Waals surface area contributed by atoms with Crippen molar-refractivity contribution in [3.63, 3.8) is 0 Å². The zero-order chi connectivity index (χ0) is 14.0. The lowest BCUT2D eigenvalue weighted by Crippen LogP contribution is -2.34. The average molecular weight is 281 g/mol. The number of hydrogen-bond donors (Lipinski definition) is 0. The predicted molar refractivity (Wildman–Crippen MR) is 77.5 cm³/mol. The van der Waals surface area contributed by atoms with Crippen molar-refractivity contribution in [1.29, 1.82) is 0 Å². The van der Waals surface area contributed by atoms with Crippen molar-refractivity contribution in [2.45, 2.75) is 46.1 Å². The largest absolute Gasteiger partial charge is 0.336 e. The molecule has 1 aliphatic rings. The molecule has 1 aromatic rings. The Labute approximate surface area is 120 Å². The first-order chi connectivity index (χ1) is 8.97. The highest BCUT2D eigenvalue weighted by Gasteiger charge is 2.32. The van der Waals surface area contributed by atoms with Crippen molar-refractivity contribution in [3.05, 3.63) is 28.5 Å². The number of aromatic nitrogens is 1. The van der Waals surface area contributed by atoms with Crippen LogP contribution in [0.5, 0.6) is 0 Å². The van der Waals surface area contributed by atoms with Crippen molar-refractivity contribution >= 4 is 17.5 Å². The molecule has 104 valence electrons. The van der Waals surface area contributed by atoms with E-state index in [-0.39, 0.29) is 5.91 Å². The molecular formula is C15H21ClN2O. The molecule has 0 saturated heterocycles. The summed E-state index contributed by atoms with van der Waals surface area (Å²) in [6, 6.07) is 3.92. The maximum Gasteiger partial charge on any atom is 0.254 e. The van der Waals surface area contributed by atoms with E-state index in [4.69, 9.17) is 11.6 Å². The molecule has 0 bridgehead atoms. The molecule has 1 heterocycles. The van der Waals surface area contributed by atoms with E-state index in [0.717, 1.165) is 31.5 Å². The van der Waals surface area contributed by atoms with Crippen LogP contribution in [0.2, 0.25) is 5.15 Å². The van der Waals surface area contributed by atoms with Crippen LogP contribution >= 0.6 is 11.6 Å². The second kappa shape index (κ2) is 5.91. The van der Waals surface area contributed by atoms with Gasteiger partial charge in [-0.25, -0.2) is 4.98 Å². The van der Waals surface area contributed by atoms with E-state index in [0.29, 0.717) is 22.7 Å². The van der Waals surface area contributed by atoms with Crippen LogP contribution in [0.3, 0.4) is 0 Å². The number of nitrogens with zero attached hydrogens (tertiary/aromatic N) is 2. The Balaban J connectivity index is 2.14. The number of halogens is 1. The first-order valence-corrected chi connectivity index (χ1v) is 7.30. The van der Waals surface area contributed by atoms with Crippen LogP contribution in [-0.4, -0.2) is 28.4 Å². The highest BCUT2D eigenvalue weighted by molar-refractivity contribution is 6.29. The van der Waals surface area contributed by atoms with Crippen LogP contribution in [0.15, 0.2) is 12.1 Å². The van der Waals surface area contributed by atoms with E-state index in [1.54, 1.807) is 6.07 Å². The van der Waals surface area contributed by atoms with Gasteiger partial charge in [-0.1, -0.05) is 25.4 Å². The smallest absolute Gasteiger partial charge is 0.254 e. The van der Waals surface area contributed by atoms with Crippen molar-refractivity contribution in [2.24, 2.45) is 5.92 Å². The fourth-order valence-corrected chi connectivity index (χ4v) is 2.40. The van der Waals surface area contributed by atoms with Crippen molar-refractivity contribution in [2.75, 3.05) is 6.54 Å². The van der Waals surface area contributed by atoms with E-state index >= 15 is 0 Å². The standard InChI is InChI=1S/C15H21ClN2O/c1-10(2)6-7-18(13-4-5-13)15(19)12-8-11(3)17-14(16)9-12/h8-10,13H,4-7H2,1-3H3. The molecule has 2 rings (SSSR count). The fourth-order valence-electron chi connectivity index (χ4n) is 2.15. The molecule has 0 unspecified atom stereocenters. The van der Waals surface area contributed by atoms with E-state index < -0.39 is 0 Å². The number of pyridine rings is 1. The van der Waals surface area contributed by atoms with Gasteiger partial charge in [0.2, 0.25) is 0 Å². The number of aryl methyl sites for hydroxylation is 1. The molecule has 1 fully saturated rings. The zero-order valence-electron chi connectivity index (χ0n) is 11.8. The molecule has 1 aliphatic carbocycles.